The van der Waals surface area contributed by atoms with Crippen LogP contribution in [-0.4, -0.2) is 46.2 Å². The molecule has 0 bridgehead atoms. The van der Waals surface area contributed by atoms with Crippen LogP contribution in [-0.2, 0) is 4.79 Å². The Morgan fingerprint density at radius 3 is 2.60 bits per heavy atom. The Hall–Kier alpha value is -2.44. The molecular formula is C19H22O6. The van der Waals surface area contributed by atoms with Crippen LogP contribution in [0.25, 0.3) is 6.08 Å². The van der Waals surface area contributed by atoms with Crippen molar-refractivity contribution in [2.75, 3.05) is 7.11 Å². The van der Waals surface area contributed by atoms with Gasteiger partial charge in [-0.3, -0.25) is 9.59 Å². The van der Waals surface area contributed by atoms with Crippen LogP contribution in [0.15, 0.2) is 30.4 Å². The van der Waals surface area contributed by atoms with Crippen molar-refractivity contribution in [2.45, 2.75) is 37.9 Å². The molecule has 0 saturated heterocycles. The fourth-order valence-electron chi connectivity index (χ4n) is 2.63. The van der Waals surface area contributed by atoms with Gasteiger partial charge in [0.15, 0.2) is 11.6 Å². The highest BCUT2D eigenvalue weighted by molar-refractivity contribution is 6.02. The van der Waals surface area contributed by atoms with Crippen LogP contribution in [0.5, 0.6) is 11.5 Å². The fraction of sp³-hybridized carbons (Fsp3) is 0.368. The van der Waals surface area contributed by atoms with E-state index in [9.17, 15) is 24.9 Å². The predicted octanol–water partition coefficient (Wildman–Crippen LogP) is 2.02. The Morgan fingerprint density at radius 2 is 1.88 bits per heavy atom. The molecule has 2 rings (SSSR count). The molecule has 1 aliphatic rings. The number of Topliss-reactive ketones (excluding diaryl/α,β-unsaturated/α-hetero) is 1. The van der Waals surface area contributed by atoms with Gasteiger partial charge in [0.05, 0.1) is 18.8 Å². The summed E-state index contributed by atoms with van der Waals surface area (Å²) in [6.45, 7) is 0. The number of aromatic hydroxyl groups is 1. The lowest BCUT2D eigenvalue weighted by Gasteiger charge is -2.14. The largest absolute Gasteiger partial charge is 0.507 e. The second-order valence-electron chi connectivity index (χ2n) is 5.88. The van der Waals surface area contributed by atoms with Gasteiger partial charge in [-0.25, -0.2) is 0 Å². The molecule has 0 saturated carbocycles. The first kappa shape index (κ1) is 18.9. The summed E-state index contributed by atoms with van der Waals surface area (Å²) in [6.07, 6.45) is 4.36. The van der Waals surface area contributed by atoms with Crippen LogP contribution in [0.3, 0.4) is 0 Å². The average molecular weight is 346 g/mol. The maximum atomic E-state index is 12.5. The van der Waals surface area contributed by atoms with E-state index in [1.807, 2.05) is 0 Å². The highest BCUT2D eigenvalue weighted by atomic mass is 16.5. The number of rotatable bonds is 1. The zero-order chi connectivity index (χ0) is 18.4. The van der Waals surface area contributed by atoms with Gasteiger partial charge in [0.25, 0.3) is 0 Å². The normalized spacial score (nSPS) is 24.9. The second kappa shape index (κ2) is 8.60. The van der Waals surface area contributed by atoms with Crippen molar-refractivity contribution in [3.05, 3.63) is 41.5 Å². The quantitative estimate of drug-likeness (QED) is 0.719. The molecule has 1 aromatic carbocycles. The van der Waals surface area contributed by atoms with E-state index >= 15 is 0 Å². The Labute approximate surface area is 146 Å². The fourth-order valence-corrected chi connectivity index (χ4v) is 2.63. The van der Waals surface area contributed by atoms with Crippen LogP contribution >= 0.6 is 0 Å². The van der Waals surface area contributed by atoms with Crippen LogP contribution < -0.4 is 4.74 Å². The number of fused-ring (bicyclic) bond motifs is 1. The lowest BCUT2D eigenvalue weighted by Crippen LogP contribution is -2.32. The van der Waals surface area contributed by atoms with E-state index in [2.05, 4.69) is 0 Å². The number of ether oxygens (including phenoxy) is 1. The standard InChI is InChI=1S/C19H22O6/c1-25-13-10-12-6-5-9-16(22)19(24)15(21)8-4-2-3-7-14(20)18(12)17(23)11-13/h4-6,8,10-11,16,19,22-24H,2-3,7,9H2,1H3/b6-5+,8-4-/t16-,19+/m0/s1. The molecule has 3 N–H and O–H groups in total. The molecule has 1 aliphatic carbocycles. The molecule has 0 aromatic heterocycles. The van der Waals surface area contributed by atoms with Crippen molar-refractivity contribution < 1.29 is 29.6 Å². The molecule has 0 radical (unpaired) electrons. The second-order valence-corrected chi connectivity index (χ2v) is 5.88. The molecular weight excluding hydrogens is 324 g/mol. The Kier molecular flexibility index (Phi) is 6.50. The number of allylic oxidation sites excluding steroid dienone is 1. The first-order valence-corrected chi connectivity index (χ1v) is 8.11. The van der Waals surface area contributed by atoms with Gasteiger partial charge in [-0.15, -0.1) is 0 Å². The van der Waals surface area contributed by atoms with E-state index in [4.69, 9.17) is 4.74 Å². The highest BCUT2D eigenvalue weighted by Gasteiger charge is 2.22. The van der Waals surface area contributed by atoms with E-state index < -0.39 is 18.0 Å². The van der Waals surface area contributed by atoms with Gasteiger partial charge in [-0.2, -0.15) is 0 Å². The number of ketones is 2. The van der Waals surface area contributed by atoms with Crippen LogP contribution in [0.1, 0.15) is 41.6 Å². The number of hydrogen-bond donors (Lipinski definition) is 3. The van der Waals surface area contributed by atoms with Gasteiger partial charge in [0.1, 0.15) is 17.6 Å². The number of hydrogen-bond acceptors (Lipinski definition) is 6. The zero-order valence-corrected chi connectivity index (χ0v) is 14.0. The molecule has 134 valence electrons. The van der Waals surface area contributed by atoms with E-state index in [1.165, 1.54) is 19.3 Å². The number of carbonyl (C=O) groups is 2. The van der Waals surface area contributed by atoms with Crippen molar-refractivity contribution in [3.63, 3.8) is 0 Å². The number of aliphatic hydroxyl groups excluding tert-OH is 2. The molecule has 1 aromatic rings. The third-order valence-corrected chi connectivity index (χ3v) is 4.02. The topological polar surface area (TPSA) is 104 Å². The third kappa shape index (κ3) is 4.78. The lowest BCUT2D eigenvalue weighted by atomic mass is 9.96. The predicted molar refractivity (Wildman–Crippen MR) is 92.7 cm³/mol. The van der Waals surface area contributed by atoms with Crippen molar-refractivity contribution in [2.24, 2.45) is 0 Å². The third-order valence-electron chi connectivity index (χ3n) is 4.02. The number of aliphatic hydroxyl groups is 2. The molecule has 0 amide bonds. The SMILES string of the molecule is COc1cc(O)c2c(c1)/C=C/C[C@H](O)[C@H](O)C(=O)/C=C\CCCC2=O. The number of phenols is 1. The molecule has 0 aliphatic heterocycles. The van der Waals surface area contributed by atoms with Gasteiger partial charge in [-0.05, 0) is 37.0 Å². The molecule has 0 heterocycles. The molecule has 0 unspecified atom stereocenters. The number of benzene rings is 1. The van der Waals surface area contributed by atoms with Crippen LogP contribution in [0, 0.1) is 0 Å². The molecule has 0 fully saturated rings. The zero-order valence-electron chi connectivity index (χ0n) is 14.0. The van der Waals surface area contributed by atoms with E-state index in [1.54, 1.807) is 24.3 Å². The van der Waals surface area contributed by atoms with Gasteiger partial charge in [0, 0.05) is 12.5 Å². The van der Waals surface area contributed by atoms with Gasteiger partial charge < -0.3 is 20.1 Å². The minimum atomic E-state index is -1.50. The number of carbonyl (C=O) groups excluding carboxylic acids is 2. The molecule has 0 spiro atoms. The molecule has 25 heavy (non-hydrogen) atoms. The van der Waals surface area contributed by atoms with Crippen molar-refractivity contribution >= 4 is 17.6 Å². The van der Waals surface area contributed by atoms with E-state index in [0.29, 0.717) is 24.2 Å². The number of methoxy groups -OCH3 is 1. The van der Waals surface area contributed by atoms with Crippen molar-refractivity contribution in [1.29, 1.82) is 0 Å². The average Bonchev–Trinajstić information content (AvgIpc) is 2.59. The Balaban J connectivity index is 2.40. The summed E-state index contributed by atoms with van der Waals surface area (Å²) in [4.78, 5) is 24.2. The monoisotopic (exact) mass is 346 g/mol. The highest BCUT2D eigenvalue weighted by Crippen LogP contribution is 2.30. The Bertz CT molecular complexity index is 704. The lowest BCUT2D eigenvalue weighted by molar-refractivity contribution is -0.127. The van der Waals surface area contributed by atoms with Crippen LogP contribution in [0.2, 0.25) is 0 Å². The molecule has 2 atom stereocenters. The van der Waals surface area contributed by atoms with Gasteiger partial charge in [0.2, 0.25) is 0 Å². The minimum Gasteiger partial charge on any atom is -0.507 e. The summed E-state index contributed by atoms with van der Waals surface area (Å²) in [6, 6.07) is 2.99. The molecule has 6 heteroatoms. The first-order chi connectivity index (χ1) is 11.9. The summed E-state index contributed by atoms with van der Waals surface area (Å²) < 4.78 is 5.11. The maximum Gasteiger partial charge on any atom is 0.186 e. The summed E-state index contributed by atoms with van der Waals surface area (Å²) >= 11 is 0. The van der Waals surface area contributed by atoms with E-state index in [0.717, 1.165) is 0 Å². The summed E-state index contributed by atoms with van der Waals surface area (Å²) in [5.74, 6) is -0.544. The maximum absolute atomic E-state index is 12.5. The Morgan fingerprint density at radius 1 is 1.12 bits per heavy atom. The summed E-state index contributed by atoms with van der Waals surface area (Å²) in [5.41, 5.74) is 0.659. The summed E-state index contributed by atoms with van der Waals surface area (Å²) in [7, 11) is 1.45. The smallest absolute Gasteiger partial charge is 0.186 e. The minimum absolute atomic E-state index is 0.0202. The first-order valence-electron chi connectivity index (χ1n) is 8.11. The van der Waals surface area contributed by atoms with E-state index in [-0.39, 0.29) is 29.9 Å². The van der Waals surface area contributed by atoms with Gasteiger partial charge in [-0.1, -0.05) is 18.2 Å². The molecule has 6 nitrogen and oxygen atoms in total. The van der Waals surface area contributed by atoms with Crippen LogP contribution in [0.4, 0.5) is 0 Å². The van der Waals surface area contributed by atoms with Crippen molar-refractivity contribution in [3.8, 4) is 11.5 Å². The van der Waals surface area contributed by atoms with Gasteiger partial charge >= 0.3 is 0 Å². The summed E-state index contributed by atoms with van der Waals surface area (Å²) in [5, 5.41) is 29.9. The van der Waals surface area contributed by atoms with Crippen molar-refractivity contribution in [1.82, 2.24) is 0 Å². The number of phenolic OH excluding ortho intramolecular Hbond substituents is 1.